The molecule has 0 amide bonds. The number of rotatable bonds is 3. The van der Waals surface area contributed by atoms with E-state index in [1.54, 1.807) is 13.0 Å². The standard InChI is InChI=1S/C12H10ClFN4O2/c1-6-3-8(14)5-9(4-6)16-11-10(18(19)20)7(2)15-12(13)17-11/h3-5H,1-2H3,(H,15,16,17). The third-order valence-electron chi connectivity index (χ3n) is 2.52. The van der Waals surface area contributed by atoms with Crippen molar-refractivity contribution in [2.24, 2.45) is 0 Å². The van der Waals surface area contributed by atoms with Gasteiger partial charge in [-0.15, -0.1) is 0 Å². The highest BCUT2D eigenvalue weighted by Crippen LogP contribution is 2.29. The van der Waals surface area contributed by atoms with Gasteiger partial charge >= 0.3 is 5.69 Å². The number of aromatic nitrogens is 2. The molecule has 8 heteroatoms. The van der Waals surface area contributed by atoms with Crippen molar-refractivity contribution in [2.75, 3.05) is 5.32 Å². The van der Waals surface area contributed by atoms with E-state index in [2.05, 4.69) is 15.3 Å². The van der Waals surface area contributed by atoms with E-state index >= 15 is 0 Å². The Balaban J connectivity index is 2.49. The highest BCUT2D eigenvalue weighted by molar-refractivity contribution is 6.28. The second-order valence-corrected chi connectivity index (χ2v) is 4.51. The lowest BCUT2D eigenvalue weighted by Crippen LogP contribution is -2.04. The van der Waals surface area contributed by atoms with Gasteiger partial charge in [0.2, 0.25) is 11.1 Å². The average molecular weight is 297 g/mol. The third-order valence-corrected chi connectivity index (χ3v) is 2.69. The molecule has 0 atom stereocenters. The molecule has 0 aliphatic carbocycles. The van der Waals surface area contributed by atoms with Gasteiger partial charge in [0.15, 0.2) is 0 Å². The molecule has 1 aromatic carbocycles. The summed E-state index contributed by atoms with van der Waals surface area (Å²) in [5.74, 6) is -0.524. The molecule has 0 aliphatic rings. The lowest BCUT2D eigenvalue weighted by atomic mass is 10.2. The molecule has 104 valence electrons. The van der Waals surface area contributed by atoms with Crippen molar-refractivity contribution in [2.45, 2.75) is 13.8 Å². The molecule has 0 radical (unpaired) electrons. The Kier molecular flexibility index (Phi) is 3.80. The lowest BCUT2D eigenvalue weighted by Gasteiger charge is -2.08. The Hall–Kier alpha value is -2.28. The van der Waals surface area contributed by atoms with Gasteiger partial charge in [-0.3, -0.25) is 10.1 Å². The van der Waals surface area contributed by atoms with Crippen molar-refractivity contribution in [1.29, 1.82) is 0 Å². The predicted molar refractivity (Wildman–Crippen MR) is 72.9 cm³/mol. The number of benzene rings is 1. The zero-order valence-electron chi connectivity index (χ0n) is 10.6. The smallest absolute Gasteiger partial charge is 0.332 e. The van der Waals surface area contributed by atoms with E-state index in [-0.39, 0.29) is 22.5 Å². The van der Waals surface area contributed by atoms with E-state index in [9.17, 15) is 14.5 Å². The van der Waals surface area contributed by atoms with Gasteiger partial charge in [-0.1, -0.05) is 0 Å². The molecule has 2 rings (SSSR count). The fraction of sp³-hybridized carbons (Fsp3) is 0.167. The normalized spacial score (nSPS) is 10.4. The summed E-state index contributed by atoms with van der Waals surface area (Å²) in [7, 11) is 0. The Bertz CT molecular complexity index is 673. The van der Waals surface area contributed by atoms with Crippen LogP contribution in [0.15, 0.2) is 18.2 Å². The van der Waals surface area contributed by atoms with Crippen LogP contribution in [-0.2, 0) is 0 Å². The number of aryl methyl sites for hydroxylation is 2. The Labute approximate surface area is 118 Å². The number of hydrogen-bond acceptors (Lipinski definition) is 5. The maximum atomic E-state index is 13.3. The van der Waals surface area contributed by atoms with Gasteiger partial charge in [-0.25, -0.2) is 9.37 Å². The maximum Gasteiger partial charge on any atom is 0.332 e. The van der Waals surface area contributed by atoms with Crippen molar-refractivity contribution in [1.82, 2.24) is 9.97 Å². The summed E-state index contributed by atoms with van der Waals surface area (Å²) in [6, 6.07) is 4.19. The molecule has 1 aromatic heterocycles. The summed E-state index contributed by atoms with van der Waals surface area (Å²) in [4.78, 5) is 18.0. The minimum absolute atomic E-state index is 0.0718. The molecule has 0 saturated carbocycles. The minimum Gasteiger partial charge on any atom is -0.334 e. The minimum atomic E-state index is -0.611. The average Bonchev–Trinajstić information content (AvgIpc) is 2.25. The maximum absolute atomic E-state index is 13.3. The summed E-state index contributed by atoms with van der Waals surface area (Å²) in [5, 5.41) is 13.6. The molecule has 0 saturated heterocycles. The van der Waals surface area contributed by atoms with Crippen LogP contribution in [0.3, 0.4) is 0 Å². The van der Waals surface area contributed by atoms with E-state index in [0.717, 1.165) is 0 Å². The summed E-state index contributed by atoms with van der Waals surface area (Å²) in [5.41, 5.74) is 0.855. The monoisotopic (exact) mass is 296 g/mol. The largest absolute Gasteiger partial charge is 0.334 e. The SMILES string of the molecule is Cc1cc(F)cc(Nc2nc(Cl)nc(C)c2[N+](=O)[O-])c1. The van der Waals surface area contributed by atoms with Crippen LogP contribution in [0.5, 0.6) is 0 Å². The molecule has 20 heavy (non-hydrogen) atoms. The highest BCUT2D eigenvalue weighted by atomic mass is 35.5. The van der Waals surface area contributed by atoms with Crippen LogP contribution < -0.4 is 5.32 Å². The van der Waals surface area contributed by atoms with E-state index < -0.39 is 10.7 Å². The Morgan fingerprint density at radius 1 is 1.30 bits per heavy atom. The lowest BCUT2D eigenvalue weighted by molar-refractivity contribution is -0.385. The number of nitrogens with one attached hydrogen (secondary N) is 1. The Morgan fingerprint density at radius 2 is 2.00 bits per heavy atom. The molecule has 0 unspecified atom stereocenters. The fourth-order valence-corrected chi connectivity index (χ4v) is 2.00. The summed E-state index contributed by atoms with van der Waals surface area (Å²) >= 11 is 5.70. The second kappa shape index (κ2) is 5.38. The van der Waals surface area contributed by atoms with Crippen molar-refractivity contribution in [3.8, 4) is 0 Å². The third kappa shape index (κ3) is 3.00. The molecule has 6 nitrogen and oxygen atoms in total. The van der Waals surface area contributed by atoms with E-state index in [1.165, 1.54) is 19.1 Å². The topological polar surface area (TPSA) is 81.0 Å². The van der Waals surface area contributed by atoms with Crippen LogP contribution in [0.2, 0.25) is 5.28 Å². The summed E-state index contributed by atoms with van der Waals surface area (Å²) in [6.45, 7) is 3.16. The molecule has 0 aliphatic heterocycles. The predicted octanol–water partition coefficient (Wildman–Crippen LogP) is 3.54. The van der Waals surface area contributed by atoms with Gasteiger partial charge in [-0.05, 0) is 49.2 Å². The molecule has 0 fully saturated rings. The molecule has 1 N–H and O–H groups in total. The van der Waals surface area contributed by atoms with Gasteiger partial charge in [0, 0.05) is 5.69 Å². The quantitative estimate of drug-likeness (QED) is 0.532. The highest BCUT2D eigenvalue weighted by Gasteiger charge is 2.22. The number of nitro groups is 1. The first-order valence-corrected chi connectivity index (χ1v) is 5.97. The number of halogens is 2. The van der Waals surface area contributed by atoms with Gasteiger partial charge in [0.1, 0.15) is 11.5 Å². The van der Waals surface area contributed by atoms with Crippen LogP contribution in [-0.4, -0.2) is 14.9 Å². The molecule has 2 aromatic rings. The van der Waals surface area contributed by atoms with Crippen LogP contribution in [0.4, 0.5) is 21.6 Å². The van der Waals surface area contributed by atoms with Crippen LogP contribution in [0.1, 0.15) is 11.3 Å². The van der Waals surface area contributed by atoms with E-state index in [1.807, 2.05) is 0 Å². The summed E-state index contributed by atoms with van der Waals surface area (Å²) < 4.78 is 13.3. The number of nitrogens with zero attached hydrogens (tertiary/aromatic N) is 3. The van der Waals surface area contributed by atoms with Crippen molar-refractivity contribution >= 4 is 28.8 Å². The zero-order valence-corrected chi connectivity index (χ0v) is 11.4. The second-order valence-electron chi connectivity index (χ2n) is 4.17. The number of anilines is 2. The van der Waals surface area contributed by atoms with Gasteiger partial charge in [0.25, 0.3) is 0 Å². The number of hydrogen-bond donors (Lipinski definition) is 1. The molecule has 0 bridgehead atoms. The van der Waals surface area contributed by atoms with Gasteiger partial charge in [-0.2, -0.15) is 4.98 Å². The molecule has 0 spiro atoms. The van der Waals surface area contributed by atoms with Crippen LogP contribution in [0.25, 0.3) is 0 Å². The fourth-order valence-electron chi connectivity index (χ4n) is 1.78. The zero-order chi connectivity index (χ0) is 14.9. The van der Waals surface area contributed by atoms with E-state index in [4.69, 9.17) is 11.6 Å². The molecular weight excluding hydrogens is 287 g/mol. The van der Waals surface area contributed by atoms with Crippen molar-refractivity contribution in [3.05, 3.63) is 50.7 Å². The molecule has 1 heterocycles. The molecular formula is C12H10ClFN4O2. The van der Waals surface area contributed by atoms with Crippen LogP contribution in [0, 0.1) is 29.8 Å². The Morgan fingerprint density at radius 3 is 2.60 bits per heavy atom. The first-order valence-electron chi connectivity index (χ1n) is 5.59. The van der Waals surface area contributed by atoms with Crippen LogP contribution >= 0.6 is 11.6 Å². The van der Waals surface area contributed by atoms with Crippen molar-refractivity contribution in [3.63, 3.8) is 0 Å². The first kappa shape index (κ1) is 14.1. The van der Waals surface area contributed by atoms with Gasteiger partial charge < -0.3 is 5.32 Å². The van der Waals surface area contributed by atoms with E-state index in [0.29, 0.717) is 11.3 Å². The van der Waals surface area contributed by atoms with Crippen molar-refractivity contribution < 1.29 is 9.31 Å². The van der Waals surface area contributed by atoms with Gasteiger partial charge in [0.05, 0.1) is 4.92 Å². The summed E-state index contributed by atoms with van der Waals surface area (Å²) in [6.07, 6.45) is 0. The first-order chi connectivity index (χ1) is 9.36.